The molecule has 0 radical (unpaired) electrons. The molecule has 2 heterocycles. The topological polar surface area (TPSA) is 101 Å². The van der Waals surface area contributed by atoms with Crippen LogP contribution in [-0.2, 0) is 14.2 Å². The molecule has 1 aliphatic carbocycles. The summed E-state index contributed by atoms with van der Waals surface area (Å²) in [5, 5.41) is 31.1. The number of aromatic nitrogens is 1. The minimum absolute atomic E-state index is 0.115. The van der Waals surface area contributed by atoms with Gasteiger partial charge in [0.05, 0.1) is 17.7 Å². The predicted molar refractivity (Wildman–Crippen MR) is 106 cm³/mol. The van der Waals surface area contributed by atoms with Gasteiger partial charge in [-0.25, -0.2) is 0 Å². The number of aromatic hydroxyl groups is 1. The molecule has 3 N–H and O–H groups in total. The minimum Gasteiger partial charge on any atom is -0.508 e. The zero-order chi connectivity index (χ0) is 21.0. The van der Waals surface area contributed by atoms with Crippen LogP contribution in [0.4, 0.5) is 0 Å². The molecule has 0 amide bonds. The number of pyridine rings is 1. The van der Waals surface area contributed by atoms with Gasteiger partial charge in [-0.2, -0.15) is 0 Å². The Morgan fingerprint density at radius 2 is 1.93 bits per heavy atom. The number of fused-ring (bicyclic) bond motifs is 1. The molecule has 2 fully saturated rings. The van der Waals surface area contributed by atoms with E-state index in [0.717, 1.165) is 11.1 Å². The van der Waals surface area contributed by atoms with Gasteiger partial charge in [-0.05, 0) is 32.0 Å². The van der Waals surface area contributed by atoms with Crippen molar-refractivity contribution in [1.29, 1.82) is 0 Å². The molecule has 1 aliphatic heterocycles. The van der Waals surface area contributed by atoms with Gasteiger partial charge in [0.25, 0.3) is 0 Å². The molecule has 2 aromatic rings. The van der Waals surface area contributed by atoms with Crippen LogP contribution in [0.5, 0.6) is 5.75 Å². The summed E-state index contributed by atoms with van der Waals surface area (Å²) in [4.78, 5) is 4.75. The Balaban J connectivity index is 1.71. The van der Waals surface area contributed by atoms with Crippen LogP contribution in [0.1, 0.15) is 45.2 Å². The highest BCUT2D eigenvalue weighted by Crippen LogP contribution is 2.54. The molecule has 4 atom stereocenters. The minimum atomic E-state index is -1.36. The fourth-order valence-electron chi connectivity index (χ4n) is 4.71. The van der Waals surface area contributed by atoms with Crippen molar-refractivity contribution >= 4 is 10.9 Å². The Labute approximate surface area is 170 Å². The summed E-state index contributed by atoms with van der Waals surface area (Å²) < 4.78 is 18.0. The van der Waals surface area contributed by atoms with E-state index in [1.165, 1.54) is 0 Å². The van der Waals surface area contributed by atoms with Crippen LogP contribution in [0.3, 0.4) is 0 Å². The largest absolute Gasteiger partial charge is 0.508 e. The Bertz CT molecular complexity index is 888. The summed E-state index contributed by atoms with van der Waals surface area (Å²) in [5.74, 6) is -1.54. The molecule has 158 valence electrons. The Kier molecular flexibility index (Phi) is 5.07. The second kappa shape index (κ2) is 7.18. The van der Waals surface area contributed by atoms with Crippen molar-refractivity contribution < 1.29 is 29.5 Å². The molecule has 1 aromatic carbocycles. The average Bonchev–Trinajstić information content (AvgIpc) is 2.93. The van der Waals surface area contributed by atoms with Gasteiger partial charge in [-0.15, -0.1) is 0 Å². The third-order valence-electron chi connectivity index (χ3n) is 6.08. The van der Waals surface area contributed by atoms with Crippen LogP contribution >= 0.6 is 0 Å². The van der Waals surface area contributed by atoms with E-state index < -0.39 is 29.9 Å². The zero-order valence-electron chi connectivity index (χ0n) is 17.2. The summed E-state index contributed by atoms with van der Waals surface area (Å²) in [6.45, 7) is 5.22. The number of aliphatic hydroxyl groups is 2. The maximum Gasteiger partial charge on any atom is 0.164 e. The maximum absolute atomic E-state index is 10.4. The second-order valence-electron chi connectivity index (χ2n) is 8.81. The number of aliphatic hydroxyl groups excluding tert-OH is 1. The summed E-state index contributed by atoms with van der Waals surface area (Å²) in [7, 11) is 1.59. The van der Waals surface area contributed by atoms with E-state index in [4.69, 9.17) is 19.2 Å². The molecule has 0 bridgehead atoms. The number of hydrogen-bond acceptors (Lipinski definition) is 7. The Morgan fingerprint density at radius 1 is 1.24 bits per heavy atom. The van der Waals surface area contributed by atoms with E-state index in [1.54, 1.807) is 33.1 Å². The number of ether oxygens (including phenoxy) is 3. The lowest BCUT2D eigenvalue weighted by molar-refractivity contribution is -0.270. The van der Waals surface area contributed by atoms with Gasteiger partial charge in [0.2, 0.25) is 0 Å². The lowest BCUT2D eigenvalue weighted by Crippen LogP contribution is -2.57. The first-order chi connectivity index (χ1) is 13.6. The zero-order valence-corrected chi connectivity index (χ0v) is 17.2. The lowest BCUT2D eigenvalue weighted by atomic mass is 9.69. The van der Waals surface area contributed by atoms with Crippen LogP contribution in [0.2, 0.25) is 0 Å². The van der Waals surface area contributed by atoms with Crippen LogP contribution in [0.25, 0.3) is 10.9 Å². The van der Waals surface area contributed by atoms with Gasteiger partial charge in [-0.3, -0.25) is 4.98 Å². The maximum atomic E-state index is 10.4. The Hall–Kier alpha value is -1.77. The van der Waals surface area contributed by atoms with Crippen molar-refractivity contribution in [2.45, 2.75) is 69.4 Å². The van der Waals surface area contributed by atoms with Crippen LogP contribution < -0.4 is 0 Å². The molecule has 1 saturated carbocycles. The van der Waals surface area contributed by atoms with Crippen molar-refractivity contribution in [2.75, 3.05) is 7.11 Å². The van der Waals surface area contributed by atoms with E-state index in [2.05, 4.69) is 0 Å². The van der Waals surface area contributed by atoms with Gasteiger partial charge in [-0.1, -0.05) is 13.0 Å². The number of methoxy groups -OCH3 is 1. The Morgan fingerprint density at radius 3 is 2.55 bits per heavy atom. The van der Waals surface area contributed by atoms with Crippen LogP contribution in [-0.4, -0.2) is 57.3 Å². The quantitative estimate of drug-likeness (QED) is 0.660. The average molecular weight is 403 g/mol. The number of phenolic OH excluding ortho intramolecular Hbond substituents is 1. The van der Waals surface area contributed by atoms with E-state index in [9.17, 15) is 15.3 Å². The summed E-state index contributed by atoms with van der Waals surface area (Å²) in [5.41, 5.74) is 0.838. The molecule has 1 spiro atoms. The highest BCUT2D eigenvalue weighted by Gasteiger charge is 2.64. The summed E-state index contributed by atoms with van der Waals surface area (Å²) in [6, 6.07) is 9.03. The highest BCUT2D eigenvalue weighted by atomic mass is 16.7. The second-order valence-corrected chi connectivity index (χ2v) is 8.81. The predicted octanol–water partition coefficient (Wildman–Crippen LogP) is 2.67. The van der Waals surface area contributed by atoms with Gasteiger partial charge in [0, 0.05) is 48.9 Å². The molecule has 2 aliphatic rings. The van der Waals surface area contributed by atoms with Crippen LogP contribution in [0.15, 0.2) is 30.3 Å². The number of hydrogen-bond donors (Lipinski definition) is 3. The summed E-state index contributed by atoms with van der Waals surface area (Å²) in [6.07, 6.45) is -0.582. The third kappa shape index (κ3) is 3.73. The van der Waals surface area contributed by atoms with Crippen molar-refractivity contribution in [3.8, 4) is 5.75 Å². The molecule has 7 heteroatoms. The van der Waals surface area contributed by atoms with Crippen molar-refractivity contribution in [3.05, 3.63) is 36.0 Å². The van der Waals surface area contributed by atoms with Crippen LogP contribution in [0, 0.1) is 5.92 Å². The monoisotopic (exact) mass is 403 g/mol. The lowest BCUT2D eigenvalue weighted by Gasteiger charge is -2.47. The molecule has 1 aromatic heterocycles. The first-order valence-electron chi connectivity index (χ1n) is 10.0. The normalized spacial score (nSPS) is 33.2. The van der Waals surface area contributed by atoms with Crippen molar-refractivity contribution in [2.24, 2.45) is 5.92 Å². The molecular weight excluding hydrogens is 374 g/mol. The number of phenols is 1. The van der Waals surface area contributed by atoms with Gasteiger partial charge >= 0.3 is 0 Å². The first kappa shape index (κ1) is 20.5. The van der Waals surface area contributed by atoms with Gasteiger partial charge in [0.15, 0.2) is 12.1 Å². The number of rotatable bonds is 5. The van der Waals surface area contributed by atoms with Crippen molar-refractivity contribution in [1.82, 2.24) is 4.98 Å². The fraction of sp³-hybridized carbons (Fsp3) is 0.591. The molecule has 29 heavy (non-hydrogen) atoms. The first-order valence-corrected chi connectivity index (χ1v) is 10.0. The van der Waals surface area contributed by atoms with Gasteiger partial charge in [0.1, 0.15) is 11.4 Å². The van der Waals surface area contributed by atoms with Gasteiger partial charge < -0.3 is 29.5 Å². The number of benzene rings is 1. The smallest absolute Gasteiger partial charge is 0.164 e. The third-order valence-corrected chi connectivity index (χ3v) is 6.08. The summed E-state index contributed by atoms with van der Waals surface area (Å²) >= 11 is 0. The highest BCUT2D eigenvalue weighted by molar-refractivity contribution is 5.80. The molecular formula is C22H29NO6. The fourth-order valence-corrected chi connectivity index (χ4v) is 4.71. The standard InChI is InChI=1S/C22H29NO6/c1-12(16-8-6-13-5-7-14(24)9-17(13)23-16)18-19(28-21(2,3)26)22(10-15(25)11-22)29-20(18)27-4/h5-9,12,15,18-20,24-26H,10-11H2,1-4H3/t12?,15?,18-,19+,20-,22?/m1/s1. The van der Waals surface area contributed by atoms with E-state index in [0.29, 0.717) is 18.4 Å². The molecule has 1 saturated heterocycles. The van der Waals surface area contributed by atoms with Crippen molar-refractivity contribution in [3.63, 3.8) is 0 Å². The SMILES string of the molecule is CO[C@@H]1OC2(CC(O)C2)[C@@H](OC(C)(C)O)[C@H]1C(C)c1ccc2ccc(O)cc2n1. The number of nitrogens with zero attached hydrogens (tertiary/aromatic N) is 1. The molecule has 1 unspecified atom stereocenters. The van der Waals surface area contributed by atoms with E-state index in [1.807, 2.05) is 25.1 Å². The van der Waals surface area contributed by atoms with E-state index in [-0.39, 0.29) is 17.6 Å². The molecule has 4 rings (SSSR count). The molecule has 7 nitrogen and oxygen atoms in total. The van der Waals surface area contributed by atoms with E-state index >= 15 is 0 Å².